The number of nitrogens with one attached hydrogen (secondary N) is 1. The van der Waals surface area contributed by atoms with Crippen LogP contribution in [0.5, 0.6) is 0 Å². The summed E-state index contributed by atoms with van der Waals surface area (Å²) in [7, 11) is 0. The molecule has 0 aliphatic heterocycles. The van der Waals surface area contributed by atoms with Gasteiger partial charge in [0, 0.05) is 23.1 Å². The van der Waals surface area contributed by atoms with Crippen molar-refractivity contribution in [2.24, 2.45) is 5.73 Å². The fourth-order valence-electron chi connectivity index (χ4n) is 2.73. The second kappa shape index (κ2) is 7.67. The van der Waals surface area contributed by atoms with E-state index in [-0.39, 0.29) is 12.0 Å². The van der Waals surface area contributed by atoms with Gasteiger partial charge in [-0.05, 0) is 30.3 Å². The van der Waals surface area contributed by atoms with Gasteiger partial charge in [-0.25, -0.2) is 0 Å². The third kappa shape index (κ3) is 4.46. The molecule has 0 fully saturated rings. The summed E-state index contributed by atoms with van der Waals surface area (Å²) in [6.07, 6.45) is -4.56. The molecular formula is C20H16F3N3O2. The molecule has 3 aromatic rings. The number of para-hydroxylation sites is 1. The maximum Gasteiger partial charge on any atom is 0.416 e. The summed E-state index contributed by atoms with van der Waals surface area (Å²) in [6.45, 7) is 0. The first-order valence-corrected chi connectivity index (χ1v) is 8.36. The van der Waals surface area contributed by atoms with Gasteiger partial charge in [0.05, 0.1) is 11.1 Å². The molecule has 3 rings (SSSR count). The van der Waals surface area contributed by atoms with Gasteiger partial charge in [-0.2, -0.15) is 13.2 Å². The van der Waals surface area contributed by atoms with Gasteiger partial charge >= 0.3 is 6.18 Å². The predicted molar refractivity (Wildman–Crippen MR) is 97.3 cm³/mol. The molecule has 3 N–H and O–H groups in total. The van der Waals surface area contributed by atoms with Crippen LogP contribution >= 0.6 is 0 Å². The van der Waals surface area contributed by atoms with Gasteiger partial charge in [-0.1, -0.05) is 30.3 Å². The van der Waals surface area contributed by atoms with Crippen molar-refractivity contribution in [2.45, 2.75) is 18.6 Å². The van der Waals surface area contributed by atoms with Crippen molar-refractivity contribution < 1.29 is 22.8 Å². The molecule has 8 heteroatoms. The Kier molecular flexibility index (Phi) is 5.30. The molecular weight excluding hydrogens is 371 g/mol. The van der Waals surface area contributed by atoms with Crippen molar-refractivity contribution in [1.29, 1.82) is 0 Å². The first-order valence-electron chi connectivity index (χ1n) is 8.36. The Labute approximate surface area is 158 Å². The standard InChI is InChI=1S/C20H16F3N3O2/c21-20(22,23)14-6-3-5-13(10-14)19(28)26-17(18(24)27)11-15-9-8-12-4-1-2-7-16(12)25-15/h1-10,17H,11H2,(H2,24,27)(H,26,28)/t17-/m0/s1. The highest BCUT2D eigenvalue weighted by Gasteiger charge is 2.31. The van der Waals surface area contributed by atoms with E-state index in [1.807, 2.05) is 24.3 Å². The average Bonchev–Trinajstić information content (AvgIpc) is 2.66. The second-order valence-corrected chi connectivity index (χ2v) is 6.21. The highest BCUT2D eigenvalue weighted by atomic mass is 19.4. The number of pyridine rings is 1. The number of primary amides is 1. The van der Waals surface area contributed by atoms with E-state index in [1.165, 1.54) is 6.07 Å². The Morgan fingerprint density at radius 2 is 1.79 bits per heavy atom. The van der Waals surface area contributed by atoms with Gasteiger partial charge in [0.2, 0.25) is 5.91 Å². The lowest BCUT2D eigenvalue weighted by atomic mass is 10.1. The largest absolute Gasteiger partial charge is 0.416 e. The number of nitrogens with zero attached hydrogens (tertiary/aromatic N) is 1. The number of fused-ring (bicyclic) bond motifs is 1. The van der Waals surface area contributed by atoms with Crippen molar-refractivity contribution in [3.05, 3.63) is 77.5 Å². The van der Waals surface area contributed by atoms with Crippen LogP contribution < -0.4 is 11.1 Å². The Morgan fingerprint density at radius 1 is 1.04 bits per heavy atom. The molecule has 144 valence electrons. The van der Waals surface area contributed by atoms with Crippen molar-refractivity contribution in [3.63, 3.8) is 0 Å². The molecule has 0 radical (unpaired) electrons. The monoisotopic (exact) mass is 387 g/mol. The minimum atomic E-state index is -4.58. The van der Waals surface area contributed by atoms with Crippen LogP contribution in [-0.2, 0) is 17.4 Å². The van der Waals surface area contributed by atoms with Crippen LogP contribution in [0.4, 0.5) is 13.2 Å². The van der Waals surface area contributed by atoms with Crippen LogP contribution in [0.15, 0.2) is 60.7 Å². The minimum absolute atomic E-state index is 0.0187. The van der Waals surface area contributed by atoms with Crippen LogP contribution in [0.25, 0.3) is 10.9 Å². The number of halogens is 3. The first kappa shape index (κ1) is 19.3. The third-order valence-electron chi connectivity index (χ3n) is 4.17. The molecule has 5 nitrogen and oxygen atoms in total. The van der Waals surface area contributed by atoms with Crippen molar-refractivity contribution in [3.8, 4) is 0 Å². The number of alkyl halides is 3. The van der Waals surface area contributed by atoms with Crippen molar-refractivity contribution in [2.75, 3.05) is 0 Å². The van der Waals surface area contributed by atoms with E-state index in [9.17, 15) is 22.8 Å². The summed E-state index contributed by atoms with van der Waals surface area (Å²) < 4.78 is 38.5. The number of amides is 2. The molecule has 0 bridgehead atoms. The number of nitrogens with two attached hydrogens (primary N) is 1. The lowest BCUT2D eigenvalue weighted by molar-refractivity contribution is -0.137. The molecule has 1 heterocycles. The third-order valence-corrected chi connectivity index (χ3v) is 4.17. The zero-order valence-corrected chi connectivity index (χ0v) is 14.5. The molecule has 28 heavy (non-hydrogen) atoms. The Balaban J connectivity index is 1.79. The molecule has 0 spiro atoms. The molecule has 2 amide bonds. The van der Waals surface area contributed by atoms with E-state index < -0.39 is 29.6 Å². The highest BCUT2D eigenvalue weighted by molar-refractivity contribution is 5.97. The molecule has 2 aromatic carbocycles. The summed E-state index contributed by atoms with van der Waals surface area (Å²) in [5, 5.41) is 3.30. The van der Waals surface area contributed by atoms with Gasteiger partial charge in [0.25, 0.3) is 5.91 Å². The molecule has 0 saturated carbocycles. The number of rotatable bonds is 5. The predicted octanol–water partition coefficient (Wildman–Crippen LogP) is 3.08. The van der Waals surface area contributed by atoms with Crippen LogP contribution in [0.1, 0.15) is 21.6 Å². The fraction of sp³-hybridized carbons (Fsp3) is 0.150. The number of benzene rings is 2. The van der Waals surface area contributed by atoms with Gasteiger partial charge in [-0.3, -0.25) is 14.6 Å². The van der Waals surface area contributed by atoms with Crippen LogP contribution in [-0.4, -0.2) is 22.8 Å². The number of carbonyl (C=O) groups excluding carboxylic acids is 2. The minimum Gasteiger partial charge on any atom is -0.368 e. The van der Waals surface area contributed by atoms with Crippen molar-refractivity contribution >= 4 is 22.7 Å². The SMILES string of the molecule is NC(=O)[C@H](Cc1ccc2ccccc2n1)NC(=O)c1cccc(C(F)(F)F)c1. The second-order valence-electron chi connectivity index (χ2n) is 6.21. The zero-order valence-electron chi connectivity index (χ0n) is 14.5. The normalized spacial score (nSPS) is 12.5. The average molecular weight is 387 g/mol. The fourth-order valence-corrected chi connectivity index (χ4v) is 2.73. The number of hydrogen-bond donors (Lipinski definition) is 2. The van der Waals surface area contributed by atoms with Crippen molar-refractivity contribution in [1.82, 2.24) is 10.3 Å². The summed E-state index contributed by atoms with van der Waals surface area (Å²) in [5.41, 5.74) is 5.43. The summed E-state index contributed by atoms with van der Waals surface area (Å²) in [4.78, 5) is 28.5. The number of carbonyl (C=O) groups is 2. The molecule has 0 saturated heterocycles. The summed E-state index contributed by atoms with van der Waals surface area (Å²) >= 11 is 0. The Bertz CT molecular complexity index is 1030. The molecule has 0 unspecified atom stereocenters. The smallest absolute Gasteiger partial charge is 0.368 e. The van der Waals surface area contributed by atoms with Crippen LogP contribution in [0.2, 0.25) is 0 Å². The molecule has 1 aromatic heterocycles. The van der Waals surface area contributed by atoms with Crippen LogP contribution in [0, 0.1) is 0 Å². The van der Waals surface area contributed by atoms with E-state index in [1.54, 1.807) is 12.1 Å². The zero-order chi connectivity index (χ0) is 20.3. The van der Waals surface area contributed by atoms with E-state index in [4.69, 9.17) is 5.73 Å². The first-order chi connectivity index (χ1) is 13.2. The lowest BCUT2D eigenvalue weighted by Gasteiger charge is -2.16. The van der Waals surface area contributed by atoms with Crippen LogP contribution in [0.3, 0.4) is 0 Å². The van der Waals surface area contributed by atoms with Gasteiger partial charge in [0.15, 0.2) is 0 Å². The molecule has 1 atom stereocenters. The van der Waals surface area contributed by atoms with E-state index in [0.29, 0.717) is 11.2 Å². The lowest BCUT2D eigenvalue weighted by Crippen LogP contribution is -2.46. The van der Waals surface area contributed by atoms with E-state index >= 15 is 0 Å². The Hall–Kier alpha value is -3.42. The maximum absolute atomic E-state index is 12.8. The number of aromatic nitrogens is 1. The van der Waals surface area contributed by atoms with E-state index in [2.05, 4.69) is 10.3 Å². The van der Waals surface area contributed by atoms with E-state index in [0.717, 1.165) is 23.6 Å². The van der Waals surface area contributed by atoms with Gasteiger partial charge < -0.3 is 11.1 Å². The number of hydrogen-bond acceptors (Lipinski definition) is 3. The molecule has 0 aliphatic rings. The van der Waals surface area contributed by atoms with Gasteiger partial charge in [-0.15, -0.1) is 0 Å². The molecule has 0 aliphatic carbocycles. The Morgan fingerprint density at radius 3 is 2.50 bits per heavy atom. The summed E-state index contributed by atoms with van der Waals surface area (Å²) in [6, 6.07) is 13.7. The summed E-state index contributed by atoms with van der Waals surface area (Å²) in [5.74, 6) is -1.63. The van der Waals surface area contributed by atoms with Gasteiger partial charge in [0.1, 0.15) is 6.04 Å². The maximum atomic E-state index is 12.8. The topological polar surface area (TPSA) is 85.1 Å². The quantitative estimate of drug-likeness (QED) is 0.706. The highest BCUT2D eigenvalue weighted by Crippen LogP contribution is 2.29.